The molecule has 4 heteroatoms. The highest BCUT2D eigenvalue weighted by Gasteiger charge is 2.26. The van der Waals surface area contributed by atoms with Gasteiger partial charge in [-0.3, -0.25) is 4.90 Å². The number of hydrogen-bond donors (Lipinski definition) is 1. The molecule has 1 fully saturated rings. The van der Waals surface area contributed by atoms with E-state index in [1.165, 1.54) is 19.4 Å². The van der Waals surface area contributed by atoms with Crippen LogP contribution in [0.5, 0.6) is 0 Å². The van der Waals surface area contributed by atoms with Gasteiger partial charge >= 0.3 is 0 Å². The van der Waals surface area contributed by atoms with Gasteiger partial charge in [0.1, 0.15) is 0 Å². The molecule has 0 spiro atoms. The Labute approximate surface area is 106 Å². The molecule has 0 saturated carbocycles. The van der Waals surface area contributed by atoms with Gasteiger partial charge in [0, 0.05) is 19.1 Å². The molecule has 1 heterocycles. The Morgan fingerprint density at radius 2 is 2.12 bits per heavy atom. The third-order valence-electron chi connectivity index (χ3n) is 3.30. The maximum Gasteiger partial charge on any atom is 0.0597 e. The third-order valence-corrected chi connectivity index (χ3v) is 3.30. The average molecular weight is 251 g/mol. The lowest BCUT2D eigenvalue weighted by molar-refractivity contribution is 0.0299. The van der Waals surface area contributed by atoms with E-state index in [0.717, 1.165) is 25.6 Å². The largest absolute Gasteiger partial charge is 0.377 e. The van der Waals surface area contributed by atoms with E-state index in [2.05, 4.69) is 25.7 Å². The van der Waals surface area contributed by atoms with Crippen molar-refractivity contribution < 1.29 is 4.74 Å². The van der Waals surface area contributed by atoms with E-state index in [1.54, 1.807) is 0 Å². The molecular formula is C12H27ClN2O. The van der Waals surface area contributed by atoms with E-state index in [0.29, 0.717) is 12.1 Å². The van der Waals surface area contributed by atoms with Crippen LogP contribution in [0.15, 0.2) is 0 Å². The second-order valence-electron chi connectivity index (χ2n) is 4.88. The summed E-state index contributed by atoms with van der Waals surface area (Å²) in [5.41, 5.74) is 5.83. The second kappa shape index (κ2) is 8.29. The highest BCUT2D eigenvalue weighted by molar-refractivity contribution is 5.85. The Kier molecular flexibility index (Phi) is 8.38. The Morgan fingerprint density at radius 1 is 1.44 bits per heavy atom. The van der Waals surface area contributed by atoms with Crippen LogP contribution < -0.4 is 5.73 Å². The first-order chi connectivity index (χ1) is 7.15. The highest BCUT2D eigenvalue weighted by Crippen LogP contribution is 2.22. The van der Waals surface area contributed by atoms with Gasteiger partial charge in [0.15, 0.2) is 0 Å². The molecule has 0 radical (unpaired) electrons. The summed E-state index contributed by atoms with van der Waals surface area (Å²) in [6, 6.07) is 0.564. The monoisotopic (exact) mass is 250 g/mol. The van der Waals surface area contributed by atoms with E-state index in [4.69, 9.17) is 10.5 Å². The van der Waals surface area contributed by atoms with Crippen molar-refractivity contribution in [3.8, 4) is 0 Å². The van der Waals surface area contributed by atoms with Crippen LogP contribution >= 0.6 is 12.4 Å². The number of nitrogens with zero attached hydrogens (tertiary/aromatic N) is 1. The molecule has 1 saturated heterocycles. The molecule has 0 aromatic rings. The molecule has 1 aliphatic heterocycles. The van der Waals surface area contributed by atoms with Crippen molar-refractivity contribution in [3.63, 3.8) is 0 Å². The van der Waals surface area contributed by atoms with Crippen LogP contribution in [0, 0.1) is 5.92 Å². The van der Waals surface area contributed by atoms with E-state index in [-0.39, 0.29) is 12.4 Å². The van der Waals surface area contributed by atoms with Crippen molar-refractivity contribution in [2.75, 3.05) is 26.2 Å². The number of nitrogens with two attached hydrogens (primary N) is 1. The molecule has 98 valence electrons. The first-order valence-electron chi connectivity index (χ1n) is 6.21. The third kappa shape index (κ3) is 5.00. The van der Waals surface area contributed by atoms with Crippen molar-refractivity contribution in [2.24, 2.45) is 11.7 Å². The van der Waals surface area contributed by atoms with Crippen LogP contribution in [-0.2, 0) is 4.74 Å². The molecule has 0 bridgehead atoms. The fourth-order valence-corrected chi connectivity index (χ4v) is 2.40. The van der Waals surface area contributed by atoms with Gasteiger partial charge in [-0.05, 0) is 39.2 Å². The lowest BCUT2D eigenvalue weighted by atomic mass is 9.91. The van der Waals surface area contributed by atoms with E-state index < -0.39 is 0 Å². The van der Waals surface area contributed by atoms with Crippen molar-refractivity contribution in [1.82, 2.24) is 4.90 Å². The zero-order valence-electron chi connectivity index (χ0n) is 10.8. The van der Waals surface area contributed by atoms with Gasteiger partial charge < -0.3 is 10.5 Å². The summed E-state index contributed by atoms with van der Waals surface area (Å²) in [5, 5.41) is 0. The number of hydrogen-bond acceptors (Lipinski definition) is 3. The van der Waals surface area contributed by atoms with E-state index in [1.807, 2.05) is 0 Å². The number of ether oxygens (including phenoxy) is 1. The summed E-state index contributed by atoms with van der Waals surface area (Å²) < 4.78 is 5.59. The van der Waals surface area contributed by atoms with Gasteiger partial charge in [-0.25, -0.2) is 0 Å². The van der Waals surface area contributed by atoms with Gasteiger partial charge in [0.05, 0.1) is 12.7 Å². The molecule has 0 aromatic heterocycles. The predicted molar refractivity (Wildman–Crippen MR) is 71.1 cm³/mol. The van der Waals surface area contributed by atoms with Crippen molar-refractivity contribution >= 4 is 12.4 Å². The van der Waals surface area contributed by atoms with Crippen LogP contribution in [-0.4, -0.2) is 43.3 Å². The minimum absolute atomic E-state index is 0. The minimum Gasteiger partial charge on any atom is -0.377 e. The molecule has 1 rings (SSSR count). The first kappa shape index (κ1) is 16.2. The van der Waals surface area contributed by atoms with Crippen LogP contribution in [0.2, 0.25) is 0 Å². The maximum absolute atomic E-state index is 5.83. The molecule has 2 atom stereocenters. The van der Waals surface area contributed by atoms with Gasteiger partial charge in [0.25, 0.3) is 0 Å². The topological polar surface area (TPSA) is 38.5 Å². The molecule has 3 nitrogen and oxygen atoms in total. The Bertz CT molecular complexity index is 178. The summed E-state index contributed by atoms with van der Waals surface area (Å²) >= 11 is 0. The fourth-order valence-electron chi connectivity index (χ4n) is 2.40. The van der Waals surface area contributed by atoms with Gasteiger partial charge in [-0.1, -0.05) is 6.92 Å². The summed E-state index contributed by atoms with van der Waals surface area (Å²) in [6.45, 7) is 10.3. The van der Waals surface area contributed by atoms with E-state index in [9.17, 15) is 0 Å². The molecule has 0 amide bonds. The quantitative estimate of drug-likeness (QED) is 0.810. The number of rotatable bonds is 5. The lowest BCUT2D eigenvalue weighted by Gasteiger charge is -2.39. The summed E-state index contributed by atoms with van der Waals surface area (Å²) in [4.78, 5) is 2.50. The molecule has 16 heavy (non-hydrogen) atoms. The first-order valence-corrected chi connectivity index (χ1v) is 6.21. The average Bonchev–Trinajstić information content (AvgIpc) is 2.17. The number of piperidine rings is 1. The molecule has 2 N–H and O–H groups in total. The Balaban J connectivity index is 0.00000225. The number of likely N-dealkylation sites (tertiary alicyclic amines) is 1. The molecule has 0 aliphatic carbocycles. The van der Waals surface area contributed by atoms with Crippen LogP contribution in [0.4, 0.5) is 0 Å². The van der Waals surface area contributed by atoms with Crippen molar-refractivity contribution in [3.05, 3.63) is 0 Å². The Morgan fingerprint density at radius 3 is 2.69 bits per heavy atom. The summed E-state index contributed by atoms with van der Waals surface area (Å²) in [7, 11) is 0. The van der Waals surface area contributed by atoms with Gasteiger partial charge in [-0.2, -0.15) is 0 Å². The highest BCUT2D eigenvalue weighted by atomic mass is 35.5. The SMILES string of the molecule is CC(C)OCCN1CCCC(C)C1CN.Cl. The lowest BCUT2D eigenvalue weighted by Crippen LogP contribution is -2.49. The molecule has 0 aromatic carbocycles. The molecule has 1 aliphatic rings. The van der Waals surface area contributed by atoms with Crippen LogP contribution in [0.1, 0.15) is 33.6 Å². The maximum atomic E-state index is 5.83. The van der Waals surface area contributed by atoms with Crippen LogP contribution in [0.25, 0.3) is 0 Å². The Hall–Kier alpha value is 0.170. The zero-order chi connectivity index (χ0) is 11.3. The van der Waals surface area contributed by atoms with Crippen molar-refractivity contribution in [2.45, 2.75) is 45.8 Å². The van der Waals surface area contributed by atoms with Gasteiger partial charge in [-0.15, -0.1) is 12.4 Å². The van der Waals surface area contributed by atoms with Gasteiger partial charge in [0.2, 0.25) is 0 Å². The molecule has 2 unspecified atom stereocenters. The zero-order valence-corrected chi connectivity index (χ0v) is 11.6. The smallest absolute Gasteiger partial charge is 0.0597 e. The normalized spacial score (nSPS) is 26.8. The van der Waals surface area contributed by atoms with Crippen LogP contribution in [0.3, 0.4) is 0 Å². The predicted octanol–water partition coefficient (Wildman–Crippen LogP) is 1.89. The number of halogens is 1. The standard InChI is InChI=1S/C12H26N2O.ClH/c1-10(2)15-8-7-14-6-4-5-11(3)12(14)9-13;/h10-12H,4-9,13H2,1-3H3;1H. The van der Waals surface area contributed by atoms with Crippen molar-refractivity contribution in [1.29, 1.82) is 0 Å². The fraction of sp³-hybridized carbons (Fsp3) is 1.00. The molecular weight excluding hydrogens is 224 g/mol. The minimum atomic E-state index is 0. The second-order valence-corrected chi connectivity index (χ2v) is 4.88. The van der Waals surface area contributed by atoms with E-state index >= 15 is 0 Å². The summed E-state index contributed by atoms with van der Waals surface area (Å²) in [6.07, 6.45) is 2.96. The summed E-state index contributed by atoms with van der Waals surface area (Å²) in [5.74, 6) is 0.739.